The molecule has 3 aliphatic heterocycles. The molecule has 17 atom stereocenters. The molecule has 89 heavy (non-hydrogen) atoms. The van der Waals surface area contributed by atoms with Crippen LogP contribution in [0.3, 0.4) is 0 Å². The molecule has 3 rings (SSSR count). The van der Waals surface area contributed by atoms with Crippen LogP contribution >= 0.6 is 0 Å². The molecule has 3 saturated heterocycles. The van der Waals surface area contributed by atoms with Gasteiger partial charge in [-0.15, -0.1) is 0 Å². The number of ether oxygens (including phenoxy) is 6. The second-order valence-electron chi connectivity index (χ2n) is 26.1. The first kappa shape index (κ1) is 81.5. The number of aliphatic hydroxyl groups excluding tert-OH is 11. The van der Waals surface area contributed by atoms with Gasteiger partial charge >= 0.3 is 0 Å². The molecule has 19 nitrogen and oxygen atoms in total. The molecule has 3 aliphatic rings. The molecule has 3 fully saturated rings. The van der Waals surface area contributed by atoms with E-state index in [1.165, 1.54) is 212 Å². The number of hydrogen-bond acceptors (Lipinski definition) is 18. The summed E-state index contributed by atoms with van der Waals surface area (Å²) in [7, 11) is 0. The number of amides is 1. The van der Waals surface area contributed by atoms with E-state index in [1.807, 2.05) is 6.08 Å². The summed E-state index contributed by atoms with van der Waals surface area (Å²) < 4.78 is 34.4. The number of carbonyl (C=O) groups is 1. The summed E-state index contributed by atoms with van der Waals surface area (Å²) in [6.07, 6.45) is 33.0. The summed E-state index contributed by atoms with van der Waals surface area (Å²) in [4.78, 5) is 13.4. The van der Waals surface area contributed by atoms with Crippen LogP contribution in [0, 0.1) is 0 Å². The fraction of sp³-hybridized carbons (Fsp3) is 0.929. The van der Waals surface area contributed by atoms with Crippen molar-refractivity contribution in [1.82, 2.24) is 5.32 Å². The lowest BCUT2D eigenvalue weighted by atomic mass is 9.96. The second kappa shape index (κ2) is 52.5. The van der Waals surface area contributed by atoms with Gasteiger partial charge in [-0.1, -0.05) is 269 Å². The Morgan fingerprint density at radius 2 is 0.719 bits per heavy atom. The monoisotopic (exact) mass is 1270 g/mol. The second-order valence-corrected chi connectivity index (χ2v) is 26.1. The summed E-state index contributed by atoms with van der Waals surface area (Å²) in [6.45, 7) is 1.75. The van der Waals surface area contributed by atoms with Crippen molar-refractivity contribution in [1.29, 1.82) is 0 Å². The highest BCUT2D eigenvalue weighted by atomic mass is 16.8. The highest BCUT2D eigenvalue weighted by Crippen LogP contribution is 2.33. The lowest BCUT2D eigenvalue weighted by Crippen LogP contribution is -2.66. The van der Waals surface area contributed by atoms with Gasteiger partial charge in [0.1, 0.15) is 73.2 Å². The summed E-state index contributed by atoms with van der Waals surface area (Å²) in [6, 6.07) is -0.987. The lowest BCUT2D eigenvalue weighted by Gasteiger charge is -2.48. The van der Waals surface area contributed by atoms with Crippen LogP contribution in [0.5, 0.6) is 0 Å². The Morgan fingerprint density at radius 3 is 1.12 bits per heavy atom. The minimum absolute atomic E-state index is 0.241. The fourth-order valence-corrected chi connectivity index (χ4v) is 12.4. The van der Waals surface area contributed by atoms with E-state index >= 15 is 0 Å². The molecule has 0 radical (unpaired) electrons. The minimum atomic E-state index is -1.98. The number of allylic oxidation sites excluding steroid dienone is 3. The zero-order valence-corrected chi connectivity index (χ0v) is 55.4. The van der Waals surface area contributed by atoms with E-state index in [4.69, 9.17) is 28.4 Å². The maximum Gasteiger partial charge on any atom is 0.220 e. The Hall–Kier alpha value is -1.73. The summed E-state index contributed by atoms with van der Waals surface area (Å²) in [5.41, 5.74) is 0. The van der Waals surface area contributed by atoms with Crippen molar-refractivity contribution in [3.63, 3.8) is 0 Å². The Kier molecular flexibility index (Phi) is 48.1. The van der Waals surface area contributed by atoms with Crippen LogP contribution in [-0.4, -0.2) is 193 Å². The molecule has 524 valence electrons. The van der Waals surface area contributed by atoms with E-state index < -0.39 is 124 Å². The van der Waals surface area contributed by atoms with Crippen molar-refractivity contribution in [3.8, 4) is 0 Å². The number of hydrogen-bond donors (Lipinski definition) is 12. The molecule has 12 N–H and O–H groups in total. The van der Waals surface area contributed by atoms with E-state index in [9.17, 15) is 61.0 Å². The third-order valence-electron chi connectivity index (χ3n) is 18.3. The molecule has 0 aromatic carbocycles. The average Bonchev–Trinajstić information content (AvgIpc) is 1.92. The van der Waals surface area contributed by atoms with Crippen molar-refractivity contribution < 1.29 is 89.4 Å². The number of rotatable bonds is 56. The molecule has 17 unspecified atom stereocenters. The predicted octanol–water partition coefficient (Wildman–Crippen LogP) is 9.83. The quantitative estimate of drug-likeness (QED) is 0.0199. The van der Waals surface area contributed by atoms with Crippen molar-refractivity contribution in [3.05, 3.63) is 24.3 Å². The Bertz CT molecular complexity index is 1710. The lowest BCUT2D eigenvalue weighted by molar-refractivity contribution is -0.379. The normalized spacial score (nSPS) is 28.3. The molecule has 0 aromatic rings. The third-order valence-corrected chi connectivity index (χ3v) is 18.3. The summed E-state index contributed by atoms with van der Waals surface area (Å²) >= 11 is 0. The molecule has 1 amide bonds. The molecular formula is C70H131NO18. The number of unbranched alkanes of at least 4 members (excludes halogenated alkanes) is 38. The van der Waals surface area contributed by atoms with Crippen LogP contribution < -0.4 is 5.32 Å². The molecule has 3 heterocycles. The highest BCUT2D eigenvalue weighted by Gasteiger charge is 2.53. The maximum atomic E-state index is 13.4. The van der Waals surface area contributed by atoms with Gasteiger partial charge in [-0.05, 0) is 32.1 Å². The molecule has 0 spiro atoms. The average molecular weight is 1270 g/mol. The first-order chi connectivity index (χ1) is 43.3. The van der Waals surface area contributed by atoms with E-state index in [-0.39, 0.29) is 18.9 Å². The predicted molar refractivity (Wildman–Crippen MR) is 346 cm³/mol. The molecule has 0 saturated carbocycles. The largest absolute Gasteiger partial charge is 0.394 e. The Morgan fingerprint density at radius 1 is 0.393 bits per heavy atom. The van der Waals surface area contributed by atoms with Gasteiger partial charge in [-0.2, -0.15) is 0 Å². The van der Waals surface area contributed by atoms with Crippen LogP contribution in [0.25, 0.3) is 0 Å². The molecular weight excluding hydrogens is 1140 g/mol. The van der Waals surface area contributed by atoms with Crippen molar-refractivity contribution >= 4 is 5.91 Å². The van der Waals surface area contributed by atoms with Gasteiger partial charge in [0, 0.05) is 6.42 Å². The molecule has 0 aliphatic carbocycles. The zero-order chi connectivity index (χ0) is 64.7. The number of carbonyl (C=O) groups excluding carboxylic acids is 1. The van der Waals surface area contributed by atoms with Crippen molar-refractivity contribution in [2.45, 2.75) is 388 Å². The SMILES string of the molecule is CCCCCCCCCCCCCCC/C=C/CC/C=C/C(O)C(COC1OC(CO)C(OC2OC(CO)C(OC3OC(CO)C(O)C(O)C3O)C(O)C2O)C(O)C1O)NC(=O)CCCCCCCCCCCCCCCCCCCCCCCCCCC. The Balaban J connectivity index is 1.43. The van der Waals surface area contributed by atoms with Crippen LogP contribution in [-0.2, 0) is 33.2 Å². The van der Waals surface area contributed by atoms with Crippen molar-refractivity contribution in [2.24, 2.45) is 0 Å². The topological polar surface area (TPSA) is 307 Å². The van der Waals surface area contributed by atoms with Gasteiger partial charge in [-0.25, -0.2) is 0 Å². The van der Waals surface area contributed by atoms with Gasteiger partial charge in [-0.3, -0.25) is 4.79 Å². The van der Waals surface area contributed by atoms with Gasteiger partial charge in [0.15, 0.2) is 18.9 Å². The van der Waals surface area contributed by atoms with Crippen LogP contribution in [0.2, 0.25) is 0 Å². The molecule has 0 bridgehead atoms. The summed E-state index contributed by atoms with van der Waals surface area (Å²) in [5.74, 6) is -0.279. The first-order valence-electron chi connectivity index (χ1n) is 36.1. The van der Waals surface area contributed by atoms with Crippen LogP contribution in [0.1, 0.15) is 284 Å². The van der Waals surface area contributed by atoms with Gasteiger partial charge in [0.05, 0.1) is 38.6 Å². The number of nitrogens with one attached hydrogen (secondary N) is 1. The summed E-state index contributed by atoms with van der Waals surface area (Å²) in [5, 5.41) is 121. The van der Waals surface area contributed by atoms with Gasteiger partial charge in [0.25, 0.3) is 0 Å². The maximum absolute atomic E-state index is 13.4. The van der Waals surface area contributed by atoms with Gasteiger partial charge < -0.3 is 89.9 Å². The van der Waals surface area contributed by atoms with Crippen LogP contribution in [0.4, 0.5) is 0 Å². The zero-order valence-electron chi connectivity index (χ0n) is 55.4. The van der Waals surface area contributed by atoms with E-state index in [1.54, 1.807) is 6.08 Å². The highest BCUT2D eigenvalue weighted by molar-refractivity contribution is 5.76. The van der Waals surface area contributed by atoms with Crippen molar-refractivity contribution in [2.75, 3.05) is 26.4 Å². The molecule has 19 heteroatoms. The standard InChI is InChI=1S/C70H131NO18/c1-3-5-7-9-11-13-15-17-19-21-23-24-25-26-27-28-30-32-34-36-38-40-42-44-46-48-58(76)71-53(54(75)47-45-43-41-39-37-35-33-31-29-22-20-18-16-14-12-10-8-6-4-2)52-84-68-64(82)61(79)66(56(50-73)86-68)89-70-65(83)62(80)67(57(51-74)87-70)88-69-63(81)60(78)59(77)55(49-72)85-69/h37,39,45,47,53-57,59-70,72-75,77-83H,3-36,38,40-44,46,48-52H2,1-2H3,(H,71,76)/b39-37+,47-45+. The Labute approximate surface area is 537 Å². The van der Waals surface area contributed by atoms with Gasteiger partial charge in [0.2, 0.25) is 5.91 Å². The first-order valence-corrected chi connectivity index (χ1v) is 36.1. The van der Waals surface area contributed by atoms with E-state index in [0.717, 1.165) is 38.5 Å². The van der Waals surface area contributed by atoms with E-state index in [0.29, 0.717) is 12.8 Å². The third kappa shape index (κ3) is 34.5. The number of aliphatic hydroxyl groups is 11. The fourth-order valence-electron chi connectivity index (χ4n) is 12.4. The molecule has 0 aromatic heterocycles. The van der Waals surface area contributed by atoms with Crippen LogP contribution in [0.15, 0.2) is 24.3 Å². The minimum Gasteiger partial charge on any atom is -0.394 e. The van der Waals surface area contributed by atoms with E-state index in [2.05, 4.69) is 31.3 Å². The smallest absolute Gasteiger partial charge is 0.220 e.